The highest BCUT2D eigenvalue weighted by Gasteiger charge is 2.42. The number of allylic oxidation sites excluding steroid dienone is 3. The predicted molar refractivity (Wildman–Crippen MR) is 120 cm³/mol. The van der Waals surface area contributed by atoms with Gasteiger partial charge in [0.05, 0.1) is 5.41 Å². The molecule has 3 heteroatoms. The van der Waals surface area contributed by atoms with Crippen LogP contribution in [0.5, 0.6) is 0 Å². The van der Waals surface area contributed by atoms with Gasteiger partial charge in [0.1, 0.15) is 7.05 Å². The average molecular weight is 376 g/mol. The van der Waals surface area contributed by atoms with Gasteiger partial charge in [-0.1, -0.05) is 56.3 Å². The fourth-order valence-electron chi connectivity index (χ4n) is 3.55. The maximum absolute atomic E-state index is 11.9. The number of benzene rings is 2. The highest BCUT2D eigenvalue weighted by molar-refractivity contribution is 6.03. The van der Waals surface area contributed by atoms with Crippen LogP contribution < -0.4 is 4.90 Å². The van der Waals surface area contributed by atoms with Gasteiger partial charge in [-0.2, -0.15) is 4.58 Å². The molecule has 0 aromatic heterocycles. The highest BCUT2D eigenvalue weighted by Crippen LogP contribution is 2.38. The first-order valence-corrected chi connectivity index (χ1v) is 9.83. The molecule has 28 heavy (non-hydrogen) atoms. The van der Waals surface area contributed by atoms with E-state index in [-0.39, 0.29) is 11.3 Å². The number of rotatable bonds is 4. The molecule has 3 nitrogen and oxygen atoms in total. The second-order valence-electron chi connectivity index (χ2n) is 7.01. The minimum atomic E-state index is -0.0463. The number of carbonyl (C=O) groups excluding carboxylic acids is 1. The van der Waals surface area contributed by atoms with E-state index in [1.165, 1.54) is 17.0 Å². The predicted octanol–water partition coefficient (Wildman–Crippen LogP) is 5.84. The number of para-hydroxylation sites is 2. The Morgan fingerprint density at radius 2 is 1.57 bits per heavy atom. The second-order valence-corrected chi connectivity index (χ2v) is 7.01. The van der Waals surface area contributed by atoms with Crippen molar-refractivity contribution >= 4 is 23.0 Å². The molecule has 146 valence electrons. The largest absolute Gasteiger partial charge is 0.288 e. The van der Waals surface area contributed by atoms with E-state index in [4.69, 9.17) is 0 Å². The van der Waals surface area contributed by atoms with Gasteiger partial charge in [-0.3, -0.25) is 9.69 Å². The van der Waals surface area contributed by atoms with Gasteiger partial charge in [0.15, 0.2) is 5.71 Å². The Kier molecular flexibility index (Phi) is 7.11. The van der Waals surface area contributed by atoms with E-state index in [2.05, 4.69) is 55.8 Å². The zero-order valence-electron chi connectivity index (χ0n) is 17.8. The Bertz CT molecular complexity index is 905. The van der Waals surface area contributed by atoms with Crippen molar-refractivity contribution in [3.05, 3.63) is 84.6 Å². The Labute approximate surface area is 169 Å². The molecule has 1 amide bonds. The van der Waals surface area contributed by atoms with Crippen molar-refractivity contribution in [2.24, 2.45) is 0 Å². The quantitative estimate of drug-likeness (QED) is 0.486. The Hall–Kier alpha value is -2.94. The minimum absolute atomic E-state index is 0.0146. The summed E-state index contributed by atoms with van der Waals surface area (Å²) in [5.74, 6) is -0.0146. The van der Waals surface area contributed by atoms with E-state index in [0.717, 1.165) is 5.69 Å². The van der Waals surface area contributed by atoms with Gasteiger partial charge < -0.3 is 0 Å². The van der Waals surface area contributed by atoms with E-state index in [9.17, 15) is 4.79 Å². The van der Waals surface area contributed by atoms with Crippen LogP contribution in [0, 0.1) is 0 Å². The molecular weight excluding hydrogens is 344 g/mol. The van der Waals surface area contributed by atoms with Crippen molar-refractivity contribution in [2.75, 3.05) is 11.9 Å². The van der Waals surface area contributed by atoms with Gasteiger partial charge in [-0.05, 0) is 32.1 Å². The minimum Gasteiger partial charge on any atom is -0.288 e. The summed E-state index contributed by atoms with van der Waals surface area (Å²) in [7, 11) is 2.10. The van der Waals surface area contributed by atoms with Gasteiger partial charge >= 0.3 is 0 Å². The molecule has 0 saturated carbocycles. The fourth-order valence-corrected chi connectivity index (χ4v) is 3.55. The molecule has 1 aliphatic rings. The molecule has 1 heterocycles. The van der Waals surface area contributed by atoms with Crippen molar-refractivity contribution in [3.8, 4) is 0 Å². The first-order chi connectivity index (χ1) is 13.4. The molecular formula is C25H31N2O+. The first kappa shape index (κ1) is 21.4. The molecule has 3 rings (SSSR count). The molecule has 2 aromatic carbocycles. The van der Waals surface area contributed by atoms with Gasteiger partial charge in [0.25, 0.3) is 0 Å². The molecule has 0 radical (unpaired) electrons. The summed E-state index contributed by atoms with van der Waals surface area (Å²) in [6.07, 6.45) is 7.84. The second kappa shape index (κ2) is 9.32. The average Bonchev–Trinajstić information content (AvgIpc) is 2.90. The number of amides is 1. The lowest BCUT2D eigenvalue weighted by Gasteiger charge is -2.16. The van der Waals surface area contributed by atoms with Gasteiger partial charge in [0.2, 0.25) is 11.6 Å². The zero-order chi connectivity index (χ0) is 20.7. The summed E-state index contributed by atoms with van der Waals surface area (Å²) in [6.45, 7) is 10.1. The van der Waals surface area contributed by atoms with Crippen LogP contribution in [0.2, 0.25) is 0 Å². The lowest BCUT2D eigenvalue weighted by Crippen LogP contribution is -2.26. The van der Waals surface area contributed by atoms with Crippen molar-refractivity contribution in [3.63, 3.8) is 0 Å². The monoisotopic (exact) mass is 375 g/mol. The van der Waals surface area contributed by atoms with Crippen LogP contribution in [0.3, 0.4) is 0 Å². The molecule has 0 bridgehead atoms. The Morgan fingerprint density at radius 1 is 0.964 bits per heavy atom. The summed E-state index contributed by atoms with van der Waals surface area (Å²) in [5, 5.41) is 0. The Balaban J connectivity index is 0.00000136. The SMILES string of the molecule is CC.CC(=O)N(/C=C/C=C/C1=[N+](C)c2ccccc2C1(C)C)c1ccccc1. The standard InChI is InChI=1S/C23H25N2O.C2H6/c1-18(26)25(19-12-6-5-7-13-19)17-11-10-16-22-23(2,3)20-14-8-9-15-21(20)24(22)4;1-2/h5-17H,1-4H3;1-2H3/q+1;. The number of hydrogen-bond acceptors (Lipinski definition) is 1. The molecule has 0 saturated heterocycles. The normalized spacial score (nSPS) is 14.8. The number of anilines is 1. The summed E-state index contributed by atoms with van der Waals surface area (Å²) < 4.78 is 2.24. The summed E-state index contributed by atoms with van der Waals surface area (Å²) in [4.78, 5) is 13.6. The maximum atomic E-state index is 11.9. The molecule has 1 aliphatic heterocycles. The zero-order valence-corrected chi connectivity index (χ0v) is 17.8. The van der Waals surface area contributed by atoms with Crippen LogP contribution in [-0.2, 0) is 10.2 Å². The van der Waals surface area contributed by atoms with Crippen LogP contribution in [0.4, 0.5) is 11.4 Å². The van der Waals surface area contributed by atoms with Crippen molar-refractivity contribution in [1.29, 1.82) is 0 Å². The van der Waals surface area contributed by atoms with Gasteiger partial charge in [-0.15, -0.1) is 0 Å². The summed E-state index contributed by atoms with van der Waals surface area (Å²) in [6, 6.07) is 18.2. The van der Waals surface area contributed by atoms with Crippen molar-refractivity contribution < 1.29 is 9.37 Å². The smallest absolute Gasteiger partial charge is 0.227 e. The van der Waals surface area contributed by atoms with Crippen LogP contribution in [0.1, 0.15) is 40.2 Å². The van der Waals surface area contributed by atoms with Gasteiger partial charge in [0, 0.05) is 36.5 Å². The van der Waals surface area contributed by atoms with Crippen LogP contribution in [0.25, 0.3) is 0 Å². The van der Waals surface area contributed by atoms with E-state index in [1.807, 2.05) is 62.5 Å². The third-order valence-corrected chi connectivity index (χ3v) is 4.91. The first-order valence-electron chi connectivity index (χ1n) is 9.83. The maximum Gasteiger partial charge on any atom is 0.227 e. The molecule has 0 N–H and O–H groups in total. The number of carbonyl (C=O) groups is 1. The van der Waals surface area contributed by atoms with Gasteiger partial charge in [-0.25, -0.2) is 0 Å². The topological polar surface area (TPSA) is 23.3 Å². The molecule has 2 aromatic rings. The van der Waals surface area contributed by atoms with Crippen LogP contribution in [0.15, 0.2) is 79.0 Å². The highest BCUT2D eigenvalue weighted by atomic mass is 16.2. The van der Waals surface area contributed by atoms with Crippen LogP contribution >= 0.6 is 0 Å². The third kappa shape index (κ3) is 4.30. The number of hydrogen-bond donors (Lipinski definition) is 0. The van der Waals surface area contributed by atoms with Crippen molar-refractivity contribution in [1.82, 2.24) is 0 Å². The number of nitrogens with zero attached hydrogens (tertiary/aromatic N) is 2. The lowest BCUT2D eigenvalue weighted by atomic mass is 9.81. The molecule has 0 spiro atoms. The van der Waals surface area contributed by atoms with E-state index >= 15 is 0 Å². The summed E-state index contributed by atoms with van der Waals surface area (Å²) >= 11 is 0. The molecule has 0 unspecified atom stereocenters. The summed E-state index contributed by atoms with van der Waals surface area (Å²) in [5.41, 5.74) is 4.63. The third-order valence-electron chi connectivity index (χ3n) is 4.91. The molecule has 0 aliphatic carbocycles. The van der Waals surface area contributed by atoms with Crippen LogP contribution in [-0.4, -0.2) is 23.2 Å². The van der Waals surface area contributed by atoms with E-state index < -0.39 is 0 Å². The Morgan fingerprint density at radius 3 is 2.18 bits per heavy atom. The molecule has 0 fully saturated rings. The molecule has 0 atom stereocenters. The van der Waals surface area contributed by atoms with E-state index in [1.54, 1.807) is 11.8 Å². The van der Waals surface area contributed by atoms with Crippen molar-refractivity contribution in [2.45, 2.75) is 40.0 Å². The number of fused-ring (bicyclic) bond motifs is 1. The fraction of sp³-hybridized carbons (Fsp3) is 0.280. The lowest BCUT2D eigenvalue weighted by molar-refractivity contribution is -0.401. The van der Waals surface area contributed by atoms with E-state index in [0.29, 0.717) is 0 Å².